The van der Waals surface area contributed by atoms with Crippen LogP contribution in [0.1, 0.15) is 48.2 Å². The van der Waals surface area contributed by atoms with Gasteiger partial charge >= 0.3 is 0 Å². The van der Waals surface area contributed by atoms with Crippen LogP contribution in [0, 0.1) is 0 Å². The van der Waals surface area contributed by atoms with Crippen molar-refractivity contribution in [2.24, 2.45) is 5.73 Å². The lowest BCUT2D eigenvalue weighted by Crippen LogP contribution is -2.59. The van der Waals surface area contributed by atoms with Gasteiger partial charge in [0.05, 0.1) is 11.1 Å². The van der Waals surface area contributed by atoms with Gasteiger partial charge in [-0.2, -0.15) is 0 Å². The van der Waals surface area contributed by atoms with Gasteiger partial charge in [-0.3, -0.25) is 14.4 Å². The van der Waals surface area contributed by atoms with Crippen molar-refractivity contribution < 1.29 is 14.4 Å². The summed E-state index contributed by atoms with van der Waals surface area (Å²) in [6.07, 6.45) is 3.54. The van der Waals surface area contributed by atoms with Gasteiger partial charge in [0, 0.05) is 49.2 Å². The maximum absolute atomic E-state index is 13.8. The van der Waals surface area contributed by atoms with E-state index in [2.05, 4.69) is 10.3 Å². The smallest absolute Gasteiger partial charge is 0.254 e. The van der Waals surface area contributed by atoms with Crippen LogP contribution in [0.25, 0.3) is 10.9 Å². The van der Waals surface area contributed by atoms with Gasteiger partial charge < -0.3 is 25.8 Å². The van der Waals surface area contributed by atoms with E-state index >= 15 is 0 Å². The number of hydrogen-bond acceptors (Lipinski definition) is 4. The molecule has 0 radical (unpaired) electrons. The van der Waals surface area contributed by atoms with Crippen LogP contribution in [-0.2, 0) is 21.5 Å². The average Bonchev–Trinajstić information content (AvgIpc) is 3.37. The lowest BCUT2D eigenvalue weighted by molar-refractivity contribution is -0.139. The number of carbonyl (C=O) groups excluding carboxylic acids is 3. The van der Waals surface area contributed by atoms with Gasteiger partial charge in [-0.1, -0.05) is 36.4 Å². The van der Waals surface area contributed by atoms with Gasteiger partial charge in [-0.25, -0.2) is 0 Å². The summed E-state index contributed by atoms with van der Waals surface area (Å²) in [5.41, 5.74) is 8.26. The summed E-state index contributed by atoms with van der Waals surface area (Å²) in [5, 5.41) is 3.94. The molecule has 2 aromatic carbocycles. The number of nitrogens with two attached hydrogens (primary N) is 1. The molecule has 2 aliphatic rings. The molecule has 8 heteroatoms. The maximum atomic E-state index is 13.8. The summed E-state index contributed by atoms with van der Waals surface area (Å²) in [7, 11) is 1.85. The maximum Gasteiger partial charge on any atom is 0.254 e. The van der Waals surface area contributed by atoms with E-state index in [0.717, 1.165) is 27.6 Å². The lowest BCUT2D eigenvalue weighted by atomic mass is 9.81. The molecule has 8 nitrogen and oxygen atoms in total. The van der Waals surface area contributed by atoms with Gasteiger partial charge in [0.15, 0.2) is 0 Å². The lowest BCUT2D eigenvalue weighted by Gasteiger charge is -2.44. The Labute approximate surface area is 210 Å². The fourth-order valence-electron chi connectivity index (χ4n) is 5.62. The molecule has 3 aromatic rings. The van der Waals surface area contributed by atoms with Crippen LogP contribution in [0.4, 0.5) is 0 Å². The molecule has 5 rings (SSSR count). The predicted octanol–water partition coefficient (Wildman–Crippen LogP) is 2.54. The number of nitrogens with one attached hydrogen (secondary N) is 2. The normalized spacial score (nSPS) is 17.9. The summed E-state index contributed by atoms with van der Waals surface area (Å²) in [6, 6.07) is 14.9. The van der Waals surface area contributed by atoms with E-state index in [-0.39, 0.29) is 17.7 Å². The molecule has 36 heavy (non-hydrogen) atoms. The van der Waals surface area contributed by atoms with Gasteiger partial charge in [-0.15, -0.1) is 0 Å². The Hall–Kier alpha value is -3.65. The van der Waals surface area contributed by atoms with Gasteiger partial charge in [-0.05, 0) is 49.9 Å². The SMILES string of the molecule is CN1C(=O)c2ccccc2C12CCN(C(=O)[C@@H](Cc1c[nH]c3ccccc13)NC(=O)C(C)(C)N)CC2. The molecule has 1 fully saturated rings. The number of aromatic amines is 1. The molecule has 3 heterocycles. The van der Waals surface area contributed by atoms with Crippen LogP contribution >= 0.6 is 0 Å². The first-order valence-electron chi connectivity index (χ1n) is 12.4. The molecular formula is C28H33N5O3. The van der Waals surface area contributed by atoms with Crippen molar-refractivity contribution in [2.45, 2.75) is 50.2 Å². The second-order valence-corrected chi connectivity index (χ2v) is 10.6. The highest BCUT2D eigenvalue weighted by atomic mass is 16.2. The molecule has 0 bridgehead atoms. The number of benzene rings is 2. The zero-order chi connectivity index (χ0) is 25.7. The molecule has 0 aliphatic carbocycles. The Morgan fingerprint density at radius 3 is 2.50 bits per heavy atom. The number of fused-ring (bicyclic) bond motifs is 3. The van der Waals surface area contributed by atoms with Crippen LogP contribution in [0.2, 0.25) is 0 Å². The topological polar surface area (TPSA) is 112 Å². The van der Waals surface area contributed by atoms with Crippen LogP contribution in [-0.4, -0.2) is 64.2 Å². The second kappa shape index (κ2) is 8.78. The average molecular weight is 488 g/mol. The molecule has 4 N–H and O–H groups in total. The molecule has 2 aliphatic heterocycles. The third-order valence-electron chi connectivity index (χ3n) is 7.80. The third-order valence-corrected chi connectivity index (χ3v) is 7.80. The number of carbonyl (C=O) groups is 3. The quantitative estimate of drug-likeness (QED) is 0.513. The summed E-state index contributed by atoms with van der Waals surface area (Å²) in [6.45, 7) is 4.25. The number of hydrogen-bond donors (Lipinski definition) is 3. The number of aromatic nitrogens is 1. The van der Waals surface area contributed by atoms with Crippen LogP contribution < -0.4 is 11.1 Å². The minimum absolute atomic E-state index is 0.0278. The van der Waals surface area contributed by atoms with E-state index in [1.54, 1.807) is 13.8 Å². The number of piperidine rings is 1. The van der Waals surface area contributed by atoms with Gasteiger partial charge in [0.25, 0.3) is 5.91 Å². The monoisotopic (exact) mass is 487 g/mol. The summed E-state index contributed by atoms with van der Waals surface area (Å²) in [4.78, 5) is 46.4. The largest absolute Gasteiger partial charge is 0.361 e. The Balaban J connectivity index is 1.38. The summed E-state index contributed by atoms with van der Waals surface area (Å²) >= 11 is 0. The van der Waals surface area contributed by atoms with Crippen LogP contribution in [0.3, 0.4) is 0 Å². The number of likely N-dealkylation sites (tertiary alicyclic amines) is 1. The zero-order valence-corrected chi connectivity index (χ0v) is 21.0. The van der Waals surface area contributed by atoms with Crippen molar-refractivity contribution in [1.82, 2.24) is 20.1 Å². The second-order valence-electron chi connectivity index (χ2n) is 10.6. The van der Waals surface area contributed by atoms with E-state index in [1.807, 2.05) is 71.6 Å². The Bertz CT molecular complexity index is 1330. The van der Waals surface area contributed by atoms with E-state index in [4.69, 9.17) is 5.73 Å². The molecule has 0 saturated carbocycles. The van der Waals surface area contributed by atoms with Crippen molar-refractivity contribution in [3.63, 3.8) is 0 Å². The summed E-state index contributed by atoms with van der Waals surface area (Å²) < 4.78 is 0. The number of amides is 3. The number of para-hydroxylation sites is 1. The minimum Gasteiger partial charge on any atom is -0.361 e. The Kier molecular flexibility index (Phi) is 5.87. The molecule has 0 unspecified atom stereocenters. The van der Waals surface area contributed by atoms with Crippen molar-refractivity contribution in [3.05, 3.63) is 71.4 Å². The Morgan fingerprint density at radius 2 is 1.78 bits per heavy atom. The molecule has 1 atom stereocenters. The molecule has 188 valence electrons. The van der Waals surface area contributed by atoms with Crippen molar-refractivity contribution >= 4 is 28.6 Å². The highest BCUT2D eigenvalue weighted by Gasteiger charge is 2.49. The Morgan fingerprint density at radius 1 is 1.11 bits per heavy atom. The van der Waals surface area contributed by atoms with E-state index in [1.165, 1.54) is 0 Å². The van der Waals surface area contributed by atoms with Gasteiger partial charge in [0.2, 0.25) is 11.8 Å². The molecular weight excluding hydrogens is 454 g/mol. The first-order valence-corrected chi connectivity index (χ1v) is 12.4. The summed E-state index contributed by atoms with van der Waals surface area (Å²) in [5.74, 6) is -0.475. The zero-order valence-electron chi connectivity index (χ0n) is 21.0. The van der Waals surface area contributed by atoms with Crippen molar-refractivity contribution in [3.8, 4) is 0 Å². The predicted molar refractivity (Wildman–Crippen MR) is 138 cm³/mol. The van der Waals surface area contributed by atoms with Gasteiger partial charge in [0.1, 0.15) is 6.04 Å². The van der Waals surface area contributed by atoms with E-state index < -0.39 is 17.1 Å². The number of H-pyrrole nitrogens is 1. The highest BCUT2D eigenvalue weighted by molar-refractivity contribution is 6.00. The van der Waals surface area contributed by atoms with Crippen LogP contribution in [0.5, 0.6) is 0 Å². The standard InChI is InChI=1S/C28H33N5O3/c1-27(2,29)26(36)31-23(16-18-17-30-22-11-7-5-8-19(18)22)25(35)33-14-12-28(13-15-33)21-10-6-4-9-20(21)24(34)32(28)3/h4-11,17,23,30H,12-16,29H2,1-3H3,(H,31,36)/t23-/m1/s1. The van der Waals surface area contributed by atoms with Crippen LogP contribution in [0.15, 0.2) is 54.7 Å². The molecule has 1 saturated heterocycles. The first-order chi connectivity index (χ1) is 17.1. The molecule has 3 amide bonds. The molecule has 1 aromatic heterocycles. The minimum atomic E-state index is -1.11. The highest BCUT2D eigenvalue weighted by Crippen LogP contribution is 2.45. The number of nitrogens with zero attached hydrogens (tertiary/aromatic N) is 2. The fraction of sp³-hybridized carbons (Fsp3) is 0.393. The van der Waals surface area contributed by atoms with E-state index in [9.17, 15) is 14.4 Å². The molecule has 1 spiro atoms. The third kappa shape index (κ3) is 3.95. The fourth-order valence-corrected chi connectivity index (χ4v) is 5.62. The first kappa shape index (κ1) is 24.1. The van der Waals surface area contributed by atoms with Crippen molar-refractivity contribution in [1.29, 1.82) is 0 Å². The van der Waals surface area contributed by atoms with E-state index in [0.29, 0.717) is 32.4 Å². The number of rotatable bonds is 5. The van der Waals surface area contributed by atoms with Crippen molar-refractivity contribution in [2.75, 3.05) is 20.1 Å².